The fourth-order valence-electron chi connectivity index (χ4n) is 0.985. The lowest BCUT2D eigenvalue weighted by Gasteiger charge is -2.13. The molecule has 1 rings (SSSR count). The van der Waals surface area contributed by atoms with Crippen LogP contribution in [0.15, 0.2) is 24.3 Å². The first kappa shape index (κ1) is 12.7. The van der Waals surface area contributed by atoms with Gasteiger partial charge in [0, 0.05) is 0 Å². The van der Waals surface area contributed by atoms with Crippen LogP contribution in [-0.4, -0.2) is 46.2 Å². The number of ether oxygens (including phenoxy) is 2. The summed E-state index contributed by atoms with van der Waals surface area (Å²) in [5, 5.41) is 35.1. The van der Waals surface area contributed by atoms with Gasteiger partial charge in [-0.3, -0.25) is 0 Å². The zero-order chi connectivity index (χ0) is 12.0. The van der Waals surface area contributed by atoms with Crippen molar-refractivity contribution in [3.8, 4) is 11.5 Å². The van der Waals surface area contributed by atoms with Gasteiger partial charge >= 0.3 is 0 Å². The van der Waals surface area contributed by atoms with Crippen LogP contribution in [0.3, 0.4) is 0 Å². The summed E-state index contributed by atoms with van der Waals surface area (Å²) >= 11 is 0. The van der Waals surface area contributed by atoms with Crippen molar-refractivity contribution in [3.05, 3.63) is 24.3 Å². The SMILES string of the molecule is OCC(O)Oc1ccc(OC(O)CO)cc1. The Morgan fingerprint density at radius 2 is 1.12 bits per heavy atom. The molecule has 0 heterocycles. The van der Waals surface area contributed by atoms with Gasteiger partial charge in [-0.2, -0.15) is 0 Å². The minimum Gasteiger partial charge on any atom is -0.463 e. The maximum absolute atomic E-state index is 8.99. The molecule has 0 amide bonds. The predicted molar refractivity (Wildman–Crippen MR) is 53.9 cm³/mol. The van der Waals surface area contributed by atoms with Crippen LogP contribution < -0.4 is 9.47 Å². The third-order valence-corrected chi connectivity index (χ3v) is 1.68. The Kier molecular flexibility index (Phi) is 5.00. The van der Waals surface area contributed by atoms with E-state index in [1.165, 1.54) is 24.3 Å². The Hall–Kier alpha value is -1.34. The zero-order valence-electron chi connectivity index (χ0n) is 8.48. The highest BCUT2D eigenvalue weighted by Gasteiger charge is 2.06. The maximum Gasteiger partial charge on any atom is 0.220 e. The van der Waals surface area contributed by atoms with Gasteiger partial charge in [0.2, 0.25) is 12.6 Å². The molecule has 0 aromatic heterocycles. The van der Waals surface area contributed by atoms with Crippen molar-refractivity contribution in [2.75, 3.05) is 13.2 Å². The number of hydrogen-bond donors (Lipinski definition) is 4. The average molecular weight is 230 g/mol. The first-order chi connectivity index (χ1) is 7.65. The summed E-state index contributed by atoms with van der Waals surface area (Å²) in [4.78, 5) is 0. The molecule has 0 fully saturated rings. The van der Waals surface area contributed by atoms with Gasteiger partial charge in [-0.05, 0) is 24.3 Å². The molecule has 0 spiro atoms. The van der Waals surface area contributed by atoms with Crippen LogP contribution in [0.2, 0.25) is 0 Å². The van der Waals surface area contributed by atoms with E-state index in [1.807, 2.05) is 0 Å². The molecule has 0 aliphatic carbocycles. The van der Waals surface area contributed by atoms with Crippen molar-refractivity contribution in [1.82, 2.24) is 0 Å². The Balaban J connectivity index is 2.54. The molecule has 0 saturated carbocycles. The van der Waals surface area contributed by atoms with Crippen LogP contribution in [0.5, 0.6) is 11.5 Å². The lowest BCUT2D eigenvalue weighted by molar-refractivity contribution is -0.0571. The Bertz CT molecular complexity index is 268. The number of rotatable bonds is 6. The Morgan fingerprint density at radius 3 is 1.38 bits per heavy atom. The Morgan fingerprint density at radius 1 is 0.812 bits per heavy atom. The second-order valence-corrected chi connectivity index (χ2v) is 2.98. The molecule has 4 N–H and O–H groups in total. The number of aliphatic hydroxyl groups is 4. The summed E-state index contributed by atoms with van der Waals surface area (Å²) in [6, 6.07) is 5.99. The van der Waals surface area contributed by atoms with Crippen molar-refractivity contribution in [1.29, 1.82) is 0 Å². The molecule has 0 saturated heterocycles. The summed E-state index contributed by atoms with van der Waals surface area (Å²) in [6.07, 6.45) is -2.54. The summed E-state index contributed by atoms with van der Waals surface area (Å²) < 4.78 is 9.78. The summed E-state index contributed by atoms with van der Waals surface area (Å²) in [7, 11) is 0. The minimum atomic E-state index is -1.27. The average Bonchev–Trinajstić information content (AvgIpc) is 2.31. The lowest BCUT2D eigenvalue weighted by atomic mass is 10.3. The Labute approximate surface area is 92.3 Å². The second-order valence-electron chi connectivity index (χ2n) is 2.98. The van der Waals surface area contributed by atoms with Gasteiger partial charge in [0.15, 0.2) is 0 Å². The van der Waals surface area contributed by atoms with E-state index in [9.17, 15) is 0 Å². The predicted octanol–water partition coefficient (Wildman–Crippen LogP) is -0.934. The summed E-state index contributed by atoms with van der Waals surface area (Å²) in [5.41, 5.74) is 0. The second kappa shape index (κ2) is 6.29. The summed E-state index contributed by atoms with van der Waals surface area (Å²) in [5.74, 6) is 0.708. The van der Waals surface area contributed by atoms with Gasteiger partial charge in [-0.25, -0.2) is 0 Å². The monoisotopic (exact) mass is 230 g/mol. The van der Waals surface area contributed by atoms with E-state index in [2.05, 4.69) is 0 Å². The molecule has 6 nitrogen and oxygen atoms in total. The van der Waals surface area contributed by atoms with Crippen LogP contribution in [-0.2, 0) is 0 Å². The van der Waals surface area contributed by atoms with Gasteiger partial charge in [0.05, 0.1) is 0 Å². The summed E-state index contributed by atoms with van der Waals surface area (Å²) in [6.45, 7) is -0.997. The van der Waals surface area contributed by atoms with Crippen molar-refractivity contribution in [2.45, 2.75) is 12.6 Å². The minimum absolute atomic E-state index is 0.354. The van der Waals surface area contributed by atoms with Gasteiger partial charge in [-0.1, -0.05) is 0 Å². The van der Waals surface area contributed by atoms with Crippen molar-refractivity contribution in [2.24, 2.45) is 0 Å². The number of hydrogen-bond acceptors (Lipinski definition) is 6. The topological polar surface area (TPSA) is 99.4 Å². The van der Waals surface area contributed by atoms with E-state index in [0.717, 1.165) is 0 Å². The third-order valence-electron chi connectivity index (χ3n) is 1.68. The van der Waals surface area contributed by atoms with E-state index >= 15 is 0 Å². The molecule has 0 radical (unpaired) electrons. The molecule has 6 heteroatoms. The molecule has 0 aliphatic heterocycles. The highest BCUT2D eigenvalue weighted by atomic mass is 16.6. The van der Waals surface area contributed by atoms with E-state index in [4.69, 9.17) is 29.9 Å². The third kappa shape index (κ3) is 4.03. The van der Waals surface area contributed by atoms with E-state index < -0.39 is 25.8 Å². The maximum atomic E-state index is 8.99. The molecular weight excluding hydrogens is 216 g/mol. The van der Waals surface area contributed by atoms with E-state index in [1.54, 1.807) is 0 Å². The van der Waals surface area contributed by atoms with Crippen molar-refractivity contribution in [3.63, 3.8) is 0 Å². The number of benzene rings is 1. The molecule has 1 aromatic carbocycles. The van der Waals surface area contributed by atoms with Crippen molar-refractivity contribution < 1.29 is 29.9 Å². The molecule has 16 heavy (non-hydrogen) atoms. The van der Waals surface area contributed by atoms with E-state index in [-0.39, 0.29) is 0 Å². The molecular formula is C10H14O6. The fourth-order valence-corrected chi connectivity index (χ4v) is 0.985. The molecule has 0 bridgehead atoms. The largest absolute Gasteiger partial charge is 0.463 e. The van der Waals surface area contributed by atoms with Gasteiger partial charge in [0.1, 0.15) is 24.7 Å². The highest BCUT2D eigenvalue weighted by molar-refractivity contribution is 5.31. The number of aliphatic hydroxyl groups excluding tert-OH is 4. The van der Waals surface area contributed by atoms with Crippen LogP contribution in [0.4, 0.5) is 0 Å². The molecule has 1 aromatic rings. The highest BCUT2D eigenvalue weighted by Crippen LogP contribution is 2.18. The van der Waals surface area contributed by atoms with Crippen LogP contribution >= 0.6 is 0 Å². The molecule has 90 valence electrons. The van der Waals surface area contributed by atoms with Crippen LogP contribution in [0.25, 0.3) is 0 Å². The molecule has 2 atom stereocenters. The normalized spacial score (nSPS) is 14.2. The first-order valence-electron chi connectivity index (χ1n) is 4.67. The molecule has 2 unspecified atom stereocenters. The van der Waals surface area contributed by atoms with Crippen LogP contribution in [0, 0.1) is 0 Å². The quantitative estimate of drug-likeness (QED) is 0.471. The van der Waals surface area contributed by atoms with Crippen molar-refractivity contribution >= 4 is 0 Å². The van der Waals surface area contributed by atoms with Gasteiger partial charge in [0.25, 0.3) is 0 Å². The van der Waals surface area contributed by atoms with Crippen LogP contribution in [0.1, 0.15) is 0 Å². The van der Waals surface area contributed by atoms with Gasteiger partial charge < -0.3 is 29.9 Å². The lowest BCUT2D eigenvalue weighted by Crippen LogP contribution is -2.20. The zero-order valence-corrected chi connectivity index (χ0v) is 8.48. The van der Waals surface area contributed by atoms with E-state index in [0.29, 0.717) is 11.5 Å². The fraction of sp³-hybridized carbons (Fsp3) is 0.400. The molecule has 0 aliphatic rings. The smallest absolute Gasteiger partial charge is 0.220 e. The first-order valence-corrected chi connectivity index (χ1v) is 4.67. The standard InChI is InChI=1S/C10H14O6/c11-5-9(13)15-7-1-2-8(4-3-7)16-10(14)6-12/h1-4,9-14H,5-6H2. The van der Waals surface area contributed by atoms with Gasteiger partial charge in [-0.15, -0.1) is 0 Å².